The molecule has 1 rings (SSSR count). The van der Waals surface area contributed by atoms with Crippen LogP contribution in [0.3, 0.4) is 0 Å². The fraction of sp³-hybridized carbons (Fsp3) is 0.455. The predicted octanol–water partition coefficient (Wildman–Crippen LogP) is 2.28. The Kier molecular flexibility index (Phi) is 5.44. The van der Waals surface area contributed by atoms with Gasteiger partial charge < -0.3 is 0 Å². The Hall–Kier alpha value is -0.390. The average molecular weight is 306 g/mol. The molecule has 1 aromatic rings. The van der Waals surface area contributed by atoms with Crippen molar-refractivity contribution in [3.05, 3.63) is 35.9 Å². The van der Waals surface area contributed by atoms with Gasteiger partial charge in [0.15, 0.2) is 0 Å². The summed E-state index contributed by atoms with van der Waals surface area (Å²) in [4.78, 5) is 0. The number of benzene rings is 1. The summed E-state index contributed by atoms with van der Waals surface area (Å²) < 4.78 is 26.2. The summed E-state index contributed by atoms with van der Waals surface area (Å²) >= 11 is 3.29. The van der Waals surface area contributed by atoms with Gasteiger partial charge in [0.2, 0.25) is 10.0 Å². The Labute approximate surface area is 105 Å². The minimum absolute atomic E-state index is 0.0342. The number of sulfonamides is 1. The fourth-order valence-corrected chi connectivity index (χ4v) is 3.50. The van der Waals surface area contributed by atoms with Gasteiger partial charge in [-0.1, -0.05) is 46.3 Å². The molecule has 0 aliphatic rings. The van der Waals surface area contributed by atoms with Gasteiger partial charge in [-0.3, -0.25) is 0 Å². The van der Waals surface area contributed by atoms with E-state index in [-0.39, 0.29) is 11.8 Å². The quantitative estimate of drug-likeness (QED) is 0.820. The van der Waals surface area contributed by atoms with Gasteiger partial charge in [-0.25, -0.2) is 13.1 Å². The molecule has 1 unspecified atom stereocenters. The van der Waals surface area contributed by atoms with Crippen molar-refractivity contribution in [3.8, 4) is 0 Å². The third kappa shape index (κ3) is 5.09. The van der Waals surface area contributed by atoms with Crippen LogP contribution in [0.25, 0.3) is 0 Å². The lowest BCUT2D eigenvalue weighted by Crippen LogP contribution is -2.33. The standard InChI is InChI=1S/C11H16BrNO2S/c1-10(7-8-12)13-16(14,15)9-11-5-3-2-4-6-11/h2-6,10,13H,7-9H2,1H3. The molecule has 0 spiro atoms. The minimum atomic E-state index is -3.23. The van der Waals surface area contributed by atoms with Crippen molar-refractivity contribution in [1.82, 2.24) is 4.72 Å². The molecular formula is C11H16BrNO2S. The highest BCUT2D eigenvalue weighted by atomic mass is 79.9. The van der Waals surface area contributed by atoms with Gasteiger partial charge >= 0.3 is 0 Å². The maximum atomic E-state index is 11.8. The summed E-state index contributed by atoms with van der Waals surface area (Å²) in [6, 6.07) is 9.15. The Morgan fingerprint density at radius 2 is 1.94 bits per heavy atom. The van der Waals surface area contributed by atoms with Crippen LogP contribution in [0.15, 0.2) is 30.3 Å². The summed E-state index contributed by atoms with van der Waals surface area (Å²) in [6.07, 6.45) is 0.786. The molecule has 0 aliphatic carbocycles. The second kappa shape index (κ2) is 6.37. The molecule has 0 amide bonds. The molecule has 0 heterocycles. The molecule has 1 atom stereocenters. The number of nitrogens with one attached hydrogen (secondary N) is 1. The van der Waals surface area contributed by atoms with Gasteiger partial charge in [0, 0.05) is 11.4 Å². The Morgan fingerprint density at radius 3 is 2.50 bits per heavy atom. The topological polar surface area (TPSA) is 46.2 Å². The van der Waals surface area contributed by atoms with E-state index in [1.807, 2.05) is 37.3 Å². The number of hydrogen-bond donors (Lipinski definition) is 1. The number of rotatable bonds is 6. The van der Waals surface area contributed by atoms with E-state index < -0.39 is 10.0 Å². The zero-order valence-electron chi connectivity index (χ0n) is 9.19. The first-order valence-corrected chi connectivity index (χ1v) is 7.91. The van der Waals surface area contributed by atoms with Crippen molar-refractivity contribution in [2.45, 2.75) is 25.1 Å². The minimum Gasteiger partial charge on any atom is -0.212 e. The smallest absolute Gasteiger partial charge is 0.212 e. The van der Waals surface area contributed by atoms with E-state index in [0.29, 0.717) is 0 Å². The van der Waals surface area contributed by atoms with Gasteiger partial charge in [0.05, 0.1) is 5.75 Å². The van der Waals surface area contributed by atoms with Gasteiger partial charge in [0.1, 0.15) is 0 Å². The lowest BCUT2D eigenvalue weighted by Gasteiger charge is -2.12. The first-order valence-electron chi connectivity index (χ1n) is 5.13. The molecule has 0 aliphatic heterocycles. The molecule has 0 saturated carbocycles. The van der Waals surface area contributed by atoms with Crippen LogP contribution < -0.4 is 4.72 Å². The number of halogens is 1. The second-order valence-corrected chi connectivity index (χ2v) is 6.29. The SMILES string of the molecule is CC(CCBr)NS(=O)(=O)Cc1ccccc1. The first kappa shape index (κ1) is 13.7. The zero-order valence-corrected chi connectivity index (χ0v) is 11.6. The summed E-state index contributed by atoms with van der Waals surface area (Å²) in [5.41, 5.74) is 0.807. The number of alkyl halides is 1. The number of hydrogen-bond acceptors (Lipinski definition) is 2. The predicted molar refractivity (Wildman–Crippen MR) is 70.1 cm³/mol. The van der Waals surface area contributed by atoms with Crippen LogP contribution in [0.1, 0.15) is 18.9 Å². The highest BCUT2D eigenvalue weighted by Crippen LogP contribution is 2.06. The van der Waals surface area contributed by atoms with Crippen molar-refractivity contribution in [2.75, 3.05) is 5.33 Å². The normalized spacial score (nSPS) is 13.6. The summed E-state index contributed by atoms with van der Waals surface area (Å²) in [7, 11) is -3.23. The van der Waals surface area contributed by atoms with Crippen LogP contribution in [-0.4, -0.2) is 19.8 Å². The maximum Gasteiger partial charge on any atom is 0.216 e. The highest BCUT2D eigenvalue weighted by Gasteiger charge is 2.14. The Balaban J connectivity index is 2.59. The monoisotopic (exact) mass is 305 g/mol. The van der Waals surface area contributed by atoms with Crippen LogP contribution in [0.4, 0.5) is 0 Å². The molecule has 0 saturated heterocycles. The molecule has 1 N–H and O–H groups in total. The maximum absolute atomic E-state index is 11.8. The van der Waals surface area contributed by atoms with Crippen molar-refractivity contribution in [1.29, 1.82) is 0 Å². The largest absolute Gasteiger partial charge is 0.216 e. The van der Waals surface area contributed by atoms with Crippen LogP contribution in [-0.2, 0) is 15.8 Å². The fourth-order valence-electron chi connectivity index (χ4n) is 1.36. The second-order valence-electron chi connectivity index (χ2n) is 3.74. The highest BCUT2D eigenvalue weighted by molar-refractivity contribution is 9.09. The van der Waals surface area contributed by atoms with E-state index >= 15 is 0 Å². The van der Waals surface area contributed by atoms with E-state index in [1.165, 1.54) is 0 Å². The molecule has 5 heteroatoms. The molecule has 0 aromatic heterocycles. The van der Waals surface area contributed by atoms with Gasteiger partial charge in [0.25, 0.3) is 0 Å². The van der Waals surface area contributed by atoms with E-state index in [1.54, 1.807) is 0 Å². The molecule has 90 valence electrons. The summed E-state index contributed by atoms with van der Waals surface area (Å²) in [6.45, 7) is 1.86. The third-order valence-electron chi connectivity index (χ3n) is 2.12. The van der Waals surface area contributed by atoms with Crippen LogP contribution in [0.2, 0.25) is 0 Å². The van der Waals surface area contributed by atoms with Crippen LogP contribution in [0, 0.1) is 0 Å². The molecule has 0 bridgehead atoms. The van der Waals surface area contributed by atoms with E-state index in [2.05, 4.69) is 20.7 Å². The zero-order chi connectivity index (χ0) is 12.0. The van der Waals surface area contributed by atoms with Crippen LogP contribution >= 0.6 is 15.9 Å². The van der Waals surface area contributed by atoms with Gasteiger partial charge in [-0.2, -0.15) is 0 Å². The van der Waals surface area contributed by atoms with Crippen molar-refractivity contribution >= 4 is 26.0 Å². The first-order chi connectivity index (χ1) is 7.53. The lowest BCUT2D eigenvalue weighted by molar-refractivity contribution is 0.556. The molecule has 0 fully saturated rings. The van der Waals surface area contributed by atoms with E-state index in [4.69, 9.17) is 0 Å². The van der Waals surface area contributed by atoms with E-state index in [9.17, 15) is 8.42 Å². The summed E-state index contributed by atoms with van der Waals surface area (Å²) in [5, 5.41) is 0.794. The van der Waals surface area contributed by atoms with Gasteiger partial charge in [-0.15, -0.1) is 0 Å². The van der Waals surface area contributed by atoms with E-state index in [0.717, 1.165) is 17.3 Å². The molecule has 16 heavy (non-hydrogen) atoms. The van der Waals surface area contributed by atoms with Crippen molar-refractivity contribution in [2.24, 2.45) is 0 Å². The van der Waals surface area contributed by atoms with Crippen molar-refractivity contribution in [3.63, 3.8) is 0 Å². The molecule has 0 radical (unpaired) electrons. The van der Waals surface area contributed by atoms with Gasteiger partial charge in [-0.05, 0) is 18.9 Å². The molecular weight excluding hydrogens is 290 g/mol. The molecule has 1 aromatic carbocycles. The van der Waals surface area contributed by atoms with Crippen molar-refractivity contribution < 1.29 is 8.42 Å². The lowest BCUT2D eigenvalue weighted by atomic mass is 10.2. The summed E-state index contributed by atoms with van der Waals surface area (Å²) in [5.74, 6) is 0.0421. The molecule has 3 nitrogen and oxygen atoms in total. The van der Waals surface area contributed by atoms with Crippen LogP contribution in [0.5, 0.6) is 0 Å². The Bertz CT molecular complexity index is 405. The third-order valence-corrected chi connectivity index (χ3v) is 4.06. The Morgan fingerprint density at radius 1 is 1.31 bits per heavy atom. The average Bonchev–Trinajstić information content (AvgIpc) is 2.17.